The smallest absolute Gasteiger partial charge is 0.135 e. The van der Waals surface area contributed by atoms with Crippen molar-refractivity contribution in [2.75, 3.05) is 13.6 Å². The fraction of sp³-hybridized carbons (Fsp3) is 0.161. The molecule has 0 amide bonds. The molecule has 0 saturated carbocycles. The Kier molecular flexibility index (Phi) is 6.64. The fourth-order valence-electron chi connectivity index (χ4n) is 4.93. The Morgan fingerprint density at radius 1 is 0.829 bits per heavy atom. The molecule has 0 bridgehead atoms. The Labute approximate surface area is 205 Å². The number of hydrogen-bond donors (Lipinski definition) is 1. The lowest BCUT2D eigenvalue weighted by Crippen LogP contribution is -2.26. The van der Waals surface area contributed by atoms with Crippen LogP contribution < -0.4 is 10.1 Å². The van der Waals surface area contributed by atoms with Crippen LogP contribution in [-0.2, 0) is 0 Å². The number of hydrogen-bond acceptors (Lipinski definition) is 2. The second kappa shape index (κ2) is 10.2. The summed E-state index contributed by atoms with van der Waals surface area (Å²) in [5.74, 6) is 1.60. The summed E-state index contributed by atoms with van der Waals surface area (Å²) in [6, 6.07) is 33.3. The van der Waals surface area contributed by atoms with E-state index in [0.29, 0.717) is 0 Å². The van der Waals surface area contributed by atoms with E-state index in [1.165, 1.54) is 6.07 Å². The summed E-state index contributed by atoms with van der Waals surface area (Å²) in [7, 11) is 1.95. The molecule has 0 spiro atoms. The van der Waals surface area contributed by atoms with Crippen molar-refractivity contribution in [3.05, 3.63) is 121 Å². The van der Waals surface area contributed by atoms with Crippen LogP contribution >= 0.6 is 0 Å². The highest BCUT2D eigenvalue weighted by Crippen LogP contribution is 2.41. The van der Waals surface area contributed by atoms with Gasteiger partial charge in [0.25, 0.3) is 0 Å². The van der Waals surface area contributed by atoms with E-state index in [4.69, 9.17) is 4.74 Å². The third kappa shape index (κ3) is 4.71. The van der Waals surface area contributed by atoms with E-state index < -0.39 is 0 Å². The molecule has 4 heteroatoms. The molecule has 0 aliphatic rings. The van der Waals surface area contributed by atoms with Gasteiger partial charge in [0, 0.05) is 28.2 Å². The number of fused-ring (bicyclic) bond motifs is 1. The lowest BCUT2D eigenvalue weighted by molar-refractivity contribution is 0.401. The minimum absolute atomic E-state index is 0.0426. The zero-order chi connectivity index (χ0) is 24.2. The highest BCUT2D eigenvalue weighted by molar-refractivity contribution is 5.97. The van der Waals surface area contributed by atoms with E-state index in [1.54, 1.807) is 12.1 Å². The molecule has 5 aromatic rings. The molecule has 176 valence electrons. The number of aromatic nitrogens is 1. The van der Waals surface area contributed by atoms with Crippen LogP contribution in [0.5, 0.6) is 11.5 Å². The largest absolute Gasteiger partial charge is 0.457 e. The Morgan fingerprint density at radius 3 is 2.37 bits per heavy atom. The maximum atomic E-state index is 14.3. The lowest BCUT2D eigenvalue weighted by Gasteiger charge is -2.27. The summed E-state index contributed by atoms with van der Waals surface area (Å²) in [5.41, 5.74) is 4.17. The summed E-state index contributed by atoms with van der Waals surface area (Å²) >= 11 is 0. The number of para-hydroxylation sites is 3. The molecule has 0 fully saturated rings. The molecular weight excluding hydrogens is 435 g/mol. The van der Waals surface area contributed by atoms with E-state index in [9.17, 15) is 4.39 Å². The first-order valence-corrected chi connectivity index (χ1v) is 12.0. The molecule has 0 aliphatic carbocycles. The van der Waals surface area contributed by atoms with E-state index >= 15 is 0 Å². The van der Waals surface area contributed by atoms with Gasteiger partial charge in [-0.25, -0.2) is 4.39 Å². The average molecular weight is 465 g/mol. The summed E-state index contributed by atoms with van der Waals surface area (Å²) < 4.78 is 22.9. The molecule has 4 aromatic carbocycles. The maximum absolute atomic E-state index is 14.3. The molecular formula is C31H29FN2O. The van der Waals surface area contributed by atoms with Gasteiger partial charge in [-0.3, -0.25) is 0 Å². The number of ether oxygens (including phenoxy) is 1. The average Bonchev–Trinajstić information content (AvgIpc) is 3.25. The van der Waals surface area contributed by atoms with Crippen molar-refractivity contribution in [2.45, 2.75) is 13.0 Å². The van der Waals surface area contributed by atoms with Gasteiger partial charge in [-0.05, 0) is 61.5 Å². The summed E-state index contributed by atoms with van der Waals surface area (Å²) in [6.45, 7) is 3.00. The van der Waals surface area contributed by atoms with Gasteiger partial charge in [-0.1, -0.05) is 73.7 Å². The van der Waals surface area contributed by atoms with Gasteiger partial charge in [-0.15, -0.1) is 0 Å². The summed E-state index contributed by atoms with van der Waals surface area (Å²) in [5, 5.41) is 4.43. The monoisotopic (exact) mass is 464 g/mol. The van der Waals surface area contributed by atoms with Gasteiger partial charge >= 0.3 is 0 Å². The topological polar surface area (TPSA) is 26.2 Å². The van der Waals surface area contributed by atoms with Crippen LogP contribution in [-0.4, -0.2) is 18.2 Å². The summed E-state index contributed by atoms with van der Waals surface area (Å²) in [6.07, 6.45) is 2.19. The van der Waals surface area contributed by atoms with E-state index in [1.807, 2.05) is 61.6 Å². The molecule has 1 N–H and O–H groups in total. The second-order valence-electron chi connectivity index (χ2n) is 8.91. The predicted octanol–water partition coefficient (Wildman–Crippen LogP) is 7.68. The molecule has 35 heavy (non-hydrogen) atoms. The van der Waals surface area contributed by atoms with Crippen LogP contribution in [0.25, 0.3) is 22.0 Å². The van der Waals surface area contributed by atoms with Crippen molar-refractivity contribution in [1.82, 2.24) is 9.88 Å². The zero-order valence-electron chi connectivity index (χ0n) is 20.0. The third-order valence-corrected chi connectivity index (χ3v) is 6.44. The Balaban J connectivity index is 1.68. The van der Waals surface area contributed by atoms with Crippen LogP contribution in [0.4, 0.5) is 4.39 Å². The van der Waals surface area contributed by atoms with E-state index in [-0.39, 0.29) is 17.8 Å². The van der Waals surface area contributed by atoms with E-state index in [0.717, 1.165) is 45.6 Å². The first-order valence-electron chi connectivity index (χ1n) is 12.0. The van der Waals surface area contributed by atoms with Crippen molar-refractivity contribution in [3.63, 3.8) is 0 Å². The van der Waals surface area contributed by atoms with Crippen molar-refractivity contribution >= 4 is 10.9 Å². The zero-order valence-corrected chi connectivity index (χ0v) is 20.0. The minimum atomic E-state index is -0.220. The number of rotatable bonds is 8. The highest BCUT2D eigenvalue weighted by Gasteiger charge is 2.25. The van der Waals surface area contributed by atoms with Gasteiger partial charge in [0.2, 0.25) is 0 Å². The second-order valence-corrected chi connectivity index (χ2v) is 8.91. The SMILES string of the molecule is CNC[C@@H](C)C(c1cccc(F)c1)n1cc(-c2ccccc2Oc2ccccc2)c2ccccc21. The van der Waals surface area contributed by atoms with Gasteiger partial charge in [0.05, 0.1) is 6.04 Å². The quantitative estimate of drug-likeness (QED) is 0.255. The predicted molar refractivity (Wildman–Crippen MR) is 142 cm³/mol. The Hall–Kier alpha value is -3.89. The van der Waals surface area contributed by atoms with Crippen LogP contribution in [0.1, 0.15) is 18.5 Å². The normalized spacial score (nSPS) is 13.0. The molecule has 5 rings (SSSR count). The third-order valence-electron chi connectivity index (χ3n) is 6.44. The first kappa shape index (κ1) is 22.9. The van der Waals surface area contributed by atoms with Gasteiger partial charge in [0.1, 0.15) is 17.3 Å². The molecule has 0 radical (unpaired) electrons. The fourth-order valence-corrected chi connectivity index (χ4v) is 4.93. The van der Waals surface area contributed by atoms with Crippen LogP contribution in [0.15, 0.2) is 109 Å². The molecule has 1 aromatic heterocycles. The number of halogens is 1. The van der Waals surface area contributed by atoms with Crippen LogP contribution in [0.2, 0.25) is 0 Å². The van der Waals surface area contributed by atoms with Crippen molar-refractivity contribution in [3.8, 4) is 22.6 Å². The molecule has 1 unspecified atom stereocenters. The van der Waals surface area contributed by atoms with Gasteiger partial charge in [0.15, 0.2) is 0 Å². The molecule has 0 saturated heterocycles. The van der Waals surface area contributed by atoms with Crippen molar-refractivity contribution in [2.24, 2.45) is 5.92 Å². The number of nitrogens with zero attached hydrogens (tertiary/aromatic N) is 1. The number of benzene rings is 4. The maximum Gasteiger partial charge on any atom is 0.135 e. The standard InChI is InChI=1S/C31H29FN2O/c1-22(20-33-2)31(23-11-10-12-24(32)19-23)34-21-28(26-15-6-8-17-29(26)34)27-16-7-9-18-30(27)35-25-13-4-3-5-14-25/h3-19,21-22,31,33H,20H2,1-2H3/t22-,31?/m1/s1. The van der Waals surface area contributed by atoms with E-state index in [2.05, 4.69) is 53.3 Å². The van der Waals surface area contributed by atoms with Crippen LogP contribution in [0.3, 0.4) is 0 Å². The number of nitrogens with one attached hydrogen (secondary N) is 1. The minimum Gasteiger partial charge on any atom is -0.457 e. The molecule has 2 atom stereocenters. The molecule has 1 heterocycles. The van der Waals surface area contributed by atoms with Gasteiger partial charge < -0.3 is 14.6 Å². The Morgan fingerprint density at radius 2 is 1.57 bits per heavy atom. The molecule has 0 aliphatic heterocycles. The first-order chi connectivity index (χ1) is 17.2. The summed E-state index contributed by atoms with van der Waals surface area (Å²) in [4.78, 5) is 0. The van der Waals surface area contributed by atoms with Crippen LogP contribution in [0, 0.1) is 11.7 Å². The molecule has 3 nitrogen and oxygen atoms in total. The van der Waals surface area contributed by atoms with Crippen molar-refractivity contribution in [1.29, 1.82) is 0 Å². The highest BCUT2D eigenvalue weighted by atomic mass is 19.1. The Bertz CT molecular complexity index is 1430. The lowest BCUT2D eigenvalue weighted by atomic mass is 9.93. The van der Waals surface area contributed by atoms with Gasteiger partial charge in [-0.2, -0.15) is 0 Å². The van der Waals surface area contributed by atoms with Crippen molar-refractivity contribution < 1.29 is 9.13 Å².